The van der Waals surface area contributed by atoms with E-state index in [0.717, 1.165) is 5.56 Å². The van der Waals surface area contributed by atoms with Crippen LogP contribution >= 0.6 is 0 Å². The Hall–Kier alpha value is -2.81. The fourth-order valence-corrected chi connectivity index (χ4v) is 8.58. The van der Waals surface area contributed by atoms with E-state index < -0.39 is 70.5 Å². The normalized spacial score (nSPS) is 44.4. The molecular formula is C29H34O8. The molecule has 2 bridgehead atoms. The molecule has 1 aromatic carbocycles. The van der Waals surface area contributed by atoms with Crippen molar-refractivity contribution >= 4 is 23.8 Å². The number of aliphatic hydroxyl groups is 3. The second-order valence-corrected chi connectivity index (χ2v) is 11.2. The zero-order valence-corrected chi connectivity index (χ0v) is 21.3. The third-order valence-corrected chi connectivity index (χ3v) is 9.95. The summed E-state index contributed by atoms with van der Waals surface area (Å²) in [5.41, 5.74) is -3.36. The minimum atomic E-state index is -1.80. The molecule has 3 N–H and O–H groups in total. The summed E-state index contributed by atoms with van der Waals surface area (Å²) >= 11 is 0. The van der Waals surface area contributed by atoms with E-state index in [1.165, 1.54) is 13.0 Å². The SMILES string of the molecule is C=C1[C@@H](OC(=O)/C=C/c2ccccc2)CCC2[C@@H](O)C(OC(C)=O)C34C(C)C(=O)CC(O)([C@@H](O)C123)[C@H]4C. The molecule has 8 nitrogen and oxygen atoms in total. The fourth-order valence-electron chi connectivity index (χ4n) is 8.58. The van der Waals surface area contributed by atoms with E-state index in [1.807, 2.05) is 30.3 Å². The first-order valence-electron chi connectivity index (χ1n) is 12.8. The molecule has 4 saturated carbocycles. The van der Waals surface area contributed by atoms with Crippen molar-refractivity contribution in [2.24, 2.45) is 28.6 Å². The van der Waals surface area contributed by atoms with E-state index >= 15 is 0 Å². The van der Waals surface area contributed by atoms with Crippen LogP contribution in [0.3, 0.4) is 0 Å². The van der Waals surface area contributed by atoms with E-state index in [9.17, 15) is 29.7 Å². The lowest BCUT2D eigenvalue weighted by Crippen LogP contribution is -2.60. The maximum atomic E-state index is 13.3. The van der Waals surface area contributed by atoms with Gasteiger partial charge in [0.1, 0.15) is 23.6 Å². The predicted octanol–water partition coefficient (Wildman–Crippen LogP) is 2.21. The highest BCUT2D eigenvalue weighted by atomic mass is 16.6. The van der Waals surface area contributed by atoms with Gasteiger partial charge in [-0.15, -0.1) is 0 Å². The molecule has 6 unspecified atom stereocenters. The van der Waals surface area contributed by atoms with Gasteiger partial charge in [-0.25, -0.2) is 4.79 Å². The number of Topliss-reactive ketones (excluding diaryl/α,β-unsaturated/α-hetero) is 1. The number of carbonyl (C=O) groups excluding carboxylic acids is 3. The fraction of sp³-hybridized carbons (Fsp3) is 0.552. The number of esters is 2. The summed E-state index contributed by atoms with van der Waals surface area (Å²) in [4.78, 5) is 38.3. The minimum Gasteiger partial charge on any atom is -0.459 e. The quantitative estimate of drug-likeness (QED) is 0.319. The molecule has 2 spiro atoms. The largest absolute Gasteiger partial charge is 0.459 e. The predicted molar refractivity (Wildman–Crippen MR) is 133 cm³/mol. The molecule has 0 amide bonds. The number of rotatable bonds is 4. The van der Waals surface area contributed by atoms with Gasteiger partial charge in [0.15, 0.2) is 0 Å². The van der Waals surface area contributed by atoms with E-state index in [1.54, 1.807) is 19.9 Å². The first-order valence-corrected chi connectivity index (χ1v) is 12.8. The van der Waals surface area contributed by atoms with Crippen LogP contribution in [-0.4, -0.2) is 63.1 Å². The van der Waals surface area contributed by atoms with Gasteiger partial charge in [0, 0.05) is 42.1 Å². The van der Waals surface area contributed by atoms with Gasteiger partial charge in [-0.2, -0.15) is 0 Å². The standard InChI is InChI=1S/C29H34O8/c1-15-21(31)14-27(35)17(3)28(15)25(36-18(4)30)24(33)20-11-12-22(16(2)29(20,28)26(27)34)37-23(32)13-10-19-8-6-5-7-9-19/h5-10,13,15,17,20,22,24-26,33-35H,2,11-12,14H2,1,3-4H3/b13-10+/t15?,17-,20?,22+,24-,25?,26-,27?,28?,29?/m1/s1. The second-order valence-electron chi connectivity index (χ2n) is 11.2. The highest BCUT2D eigenvalue weighted by Gasteiger charge is 2.88. The van der Waals surface area contributed by atoms with Crippen molar-refractivity contribution in [3.8, 4) is 0 Å². The average Bonchev–Trinajstić information content (AvgIpc) is 3.13. The van der Waals surface area contributed by atoms with Crippen LogP contribution in [0.15, 0.2) is 48.6 Å². The van der Waals surface area contributed by atoms with E-state index in [4.69, 9.17) is 9.47 Å². The number of hydrogen-bond acceptors (Lipinski definition) is 8. The lowest BCUT2D eigenvalue weighted by Gasteiger charge is -2.55. The number of ether oxygens (including phenoxy) is 2. The van der Waals surface area contributed by atoms with Crippen LogP contribution in [0.25, 0.3) is 6.08 Å². The third kappa shape index (κ3) is 3.15. The van der Waals surface area contributed by atoms with Gasteiger partial charge in [-0.05, 0) is 36.0 Å². The van der Waals surface area contributed by atoms with Gasteiger partial charge in [0.05, 0.1) is 12.2 Å². The van der Waals surface area contributed by atoms with Gasteiger partial charge >= 0.3 is 11.9 Å². The van der Waals surface area contributed by atoms with Gasteiger partial charge in [-0.1, -0.05) is 50.8 Å². The number of fused-ring (bicyclic) bond motifs is 1. The van der Waals surface area contributed by atoms with Crippen LogP contribution in [0, 0.1) is 28.6 Å². The Morgan fingerprint density at radius 3 is 2.43 bits per heavy atom. The highest BCUT2D eigenvalue weighted by Crippen LogP contribution is 2.80. The zero-order valence-electron chi connectivity index (χ0n) is 21.3. The molecule has 198 valence electrons. The third-order valence-electron chi connectivity index (χ3n) is 9.95. The summed E-state index contributed by atoms with van der Waals surface area (Å²) in [7, 11) is 0. The van der Waals surface area contributed by atoms with Gasteiger partial charge in [-0.3, -0.25) is 9.59 Å². The maximum Gasteiger partial charge on any atom is 0.331 e. The molecule has 10 atom stereocenters. The van der Waals surface area contributed by atoms with Crippen LogP contribution < -0.4 is 0 Å². The van der Waals surface area contributed by atoms with Crippen molar-refractivity contribution < 1.29 is 39.2 Å². The first kappa shape index (κ1) is 25.8. The van der Waals surface area contributed by atoms with Crippen molar-refractivity contribution in [3.63, 3.8) is 0 Å². The van der Waals surface area contributed by atoms with E-state index in [2.05, 4.69) is 6.58 Å². The second kappa shape index (κ2) is 8.61. The Kier molecular flexibility index (Phi) is 6.01. The average molecular weight is 511 g/mol. The number of hydrogen-bond donors (Lipinski definition) is 3. The molecule has 0 radical (unpaired) electrons. The summed E-state index contributed by atoms with van der Waals surface area (Å²) in [6, 6.07) is 9.27. The van der Waals surface area contributed by atoms with Crippen LogP contribution in [0.1, 0.15) is 45.6 Å². The summed E-state index contributed by atoms with van der Waals surface area (Å²) < 4.78 is 11.5. The Morgan fingerprint density at radius 2 is 1.78 bits per heavy atom. The number of carbonyl (C=O) groups is 3. The molecule has 0 aliphatic heterocycles. The number of benzene rings is 1. The minimum absolute atomic E-state index is 0.257. The van der Waals surface area contributed by atoms with Crippen molar-refractivity contribution in [2.75, 3.05) is 0 Å². The smallest absolute Gasteiger partial charge is 0.331 e. The van der Waals surface area contributed by atoms with Gasteiger partial charge in [0.25, 0.3) is 0 Å². The first-order chi connectivity index (χ1) is 17.4. The Labute approximate surface area is 216 Å². The molecule has 5 rings (SSSR count). The molecule has 4 fully saturated rings. The van der Waals surface area contributed by atoms with Crippen molar-refractivity contribution in [1.29, 1.82) is 0 Å². The van der Waals surface area contributed by atoms with Crippen LogP contribution in [-0.2, 0) is 23.9 Å². The molecule has 37 heavy (non-hydrogen) atoms. The molecule has 0 saturated heterocycles. The Morgan fingerprint density at radius 1 is 1.11 bits per heavy atom. The maximum absolute atomic E-state index is 13.3. The molecule has 8 heteroatoms. The molecule has 0 heterocycles. The summed E-state index contributed by atoms with van der Waals surface area (Å²) in [5, 5.41) is 35.2. The lowest BCUT2D eigenvalue weighted by atomic mass is 9.48. The Bertz CT molecular complexity index is 1180. The monoisotopic (exact) mass is 510 g/mol. The highest BCUT2D eigenvalue weighted by molar-refractivity contribution is 5.88. The van der Waals surface area contributed by atoms with Crippen LogP contribution in [0.2, 0.25) is 0 Å². The molecule has 1 aromatic rings. The van der Waals surface area contributed by atoms with Crippen LogP contribution in [0.4, 0.5) is 0 Å². The van der Waals surface area contributed by atoms with Crippen LogP contribution in [0.5, 0.6) is 0 Å². The molecule has 0 aromatic heterocycles. The number of ketones is 1. The molecule has 4 aliphatic rings. The van der Waals surface area contributed by atoms with Crippen molar-refractivity contribution in [2.45, 2.75) is 70.1 Å². The topological polar surface area (TPSA) is 130 Å². The van der Waals surface area contributed by atoms with E-state index in [0.29, 0.717) is 18.4 Å². The van der Waals surface area contributed by atoms with Crippen molar-refractivity contribution in [3.05, 3.63) is 54.1 Å². The van der Waals surface area contributed by atoms with Gasteiger partial charge < -0.3 is 24.8 Å². The van der Waals surface area contributed by atoms with Gasteiger partial charge in [0.2, 0.25) is 0 Å². The summed E-state index contributed by atoms with van der Waals surface area (Å²) in [6.07, 6.45) is -1.28. The molecule has 4 aliphatic carbocycles. The van der Waals surface area contributed by atoms with E-state index in [-0.39, 0.29) is 12.2 Å². The number of aliphatic hydroxyl groups excluding tert-OH is 2. The summed E-state index contributed by atoms with van der Waals surface area (Å²) in [5.74, 6) is -3.63. The van der Waals surface area contributed by atoms with Crippen molar-refractivity contribution in [1.82, 2.24) is 0 Å². The zero-order chi connectivity index (χ0) is 26.9. The molecular weight excluding hydrogens is 476 g/mol. The lowest BCUT2D eigenvalue weighted by molar-refractivity contribution is -0.186. The Balaban J connectivity index is 1.58. The summed E-state index contributed by atoms with van der Waals surface area (Å²) in [6.45, 7) is 8.95.